The molecule has 1 amide bonds. The average molecular weight is 253 g/mol. The fourth-order valence-corrected chi connectivity index (χ4v) is 2.73. The highest BCUT2D eigenvalue weighted by atomic mass is 35.5. The van der Waals surface area contributed by atoms with Gasteiger partial charge in [-0.1, -0.05) is 18.5 Å². The summed E-state index contributed by atoms with van der Waals surface area (Å²) in [7, 11) is 0. The standard InChI is InChI=1S/C12H13ClN2O2/c1-2-8-9-3-7(13)4-14-10(9)12(5-17-6-12)15-11(8)16/h3-4,8H,2,5-6H2,1H3,(H,15,16). The molecule has 1 atom stereocenters. The molecule has 0 saturated carbocycles. The number of carbonyl (C=O) groups excluding carboxylic acids is 1. The molecule has 0 aromatic carbocycles. The highest BCUT2D eigenvalue weighted by Gasteiger charge is 2.49. The maximum Gasteiger partial charge on any atom is 0.228 e. The van der Waals surface area contributed by atoms with Crippen LogP contribution >= 0.6 is 11.6 Å². The molecule has 5 heteroatoms. The highest BCUT2D eigenvalue weighted by molar-refractivity contribution is 6.30. The molecule has 1 unspecified atom stereocenters. The van der Waals surface area contributed by atoms with Crippen LogP contribution in [-0.4, -0.2) is 24.1 Å². The molecule has 1 aromatic rings. The molecular formula is C12H13ClN2O2. The predicted molar refractivity (Wildman–Crippen MR) is 62.9 cm³/mol. The van der Waals surface area contributed by atoms with Crippen molar-refractivity contribution in [3.8, 4) is 0 Å². The van der Waals surface area contributed by atoms with Gasteiger partial charge in [0.25, 0.3) is 0 Å². The van der Waals surface area contributed by atoms with E-state index in [1.165, 1.54) is 0 Å². The molecule has 90 valence electrons. The number of halogens is 1. The number of fused-ring (bicyclic) bond motifs is 2. The van der Waals surface area contributed by atoms with Gasteiger partial charge < -0.3 is 10.1 Å². The van der Waals surface area contributed by atoms with Crippen LogP contribution in [0.1, 0.15) is 30.5 Å². The smallest absolute Gasteiger partial charge is 0.228 e. The zero-order valence-corrected chi connectivity index (χ0v) is 10.3. The Morgan fingerprint density at radius 1 is 1.65 bits per heavy atom. The second kappa shape index (κ2) is 3.68. The van der Waals surface area contributed by atoms with Crippen LogP contribution in [0.4, 0.5) is 0 Å². The third-order valence-corrected chi connectivity index (χ3v) is 3.70. The van der Waals surface area contributed by atoms with E-state index in [4.69, 9.17) is 16.3 Å². The molecule has 3 heterocycles. The van der Waals surface area contributed by atoms with Gasteiger partial charge >= 0.3 is 0 Å². The third kappa shape index (κ3) is 1.47. The summed E-state index contributed by atoms with van der Waals surface area (Å²) in [5.74, 6) is -0.102. The lowest BCUT2D eigenvalue weighted by atomic mass is 9.79. The van der Waals surface area contributed by atoms with E-state index in [9.17, 15) is 4.79 Å². The second-order valence-corrected chi connectivity index (χ2v) is 5.05. The molecule has 0 radical (unpaired) electrons. The normalized spacial score (nSPS) is 25.1. The summed E-state index contributed by atoms with van der Waals surface area (Å²) >= 11 is 5.98. The Labute approximate surface area is 104 Å². The van der Waals surface area contributed by atoms with Gasteiger partial charge in [-0.15, -0.1) is 0 Å². The lowest BCUT2D eigenvalue weighted by Gasteiger charge is -2.46. The third-order valence-electron chi connectivity index (χ3n) is 3.50. The second-order valence-electron chi connectivity index (χ2n) is 4.62. The van der Waals surface area contributed by atoms with Crippen LogP contribution in [0.2, 0.25) is 5.02 Å². The van der Waals surface area contributed by atoms with E-state index in [-0.39, 0.29) is 11.8 Å². The van der Waals surface area contributed by atoms with Crippen molar-refractivity contribution in [2.75, 3.05) is 13.2 Å². The molecule has 1 spiro atoms. The van der Waals surface area contributed by atoms with Gasteiger partial charge in [-0.3, -0.25) is 9.78 Å². The minimum Gasteiger partial charge on any atom is -0.376 e. The number of aromatic nitrogens is 1. The first-order valence-electron chi connectivity index (χ1n) is 5.72. The number of rotatable bonds is 1. The van der Waals surface area contributed by atoms with Gasteiger partial charge in [0.05, 0.1) is 29.8 Å². The molecular weight excluding hydrogens is 240 g/mol. The quantitative estimate of drug-likeness (QED) is 0.826. The molecule has 1 N–H and O–H groups in total. The van der Waals surface area contributed by atoms with E-state index in [2.05, 4.69) is 10.3 Å². The maximum atomic E-state index is 12.1. The van der Waals surface area contributed by atoms with Crippen LogP contribution < -0.4 is 5.32 Å². The Morgan fingerprint density at radius 2 is 2.41 bits per heavy atom. The van der Waals surface area contributed by atoms with Crippen LogP contribution in [0.5, 0.6) is 0 Å². The number of ether oxygens (including phenoxy) is 1. The van der Waals surface area contributed by atoms with E-state index in [1.807, 2.05) is 13.0 Å². The van der Waals surface area contributed by atoms with Gasteiger partial charge in [0.1, 0.15) is 5.54 Å². The van der Waals surface area contributed by atoms with Crippen molar-refractivity contribution in [3.05, 3.63) is 28.5 Å². The Hall–Kier alpha value is -1.13. The lowest BCUT2D eigenvalue weighted by molar-refractivity contribution is -0.138. The lowest BCUT2D eigenvalue weighted by Crippen LogP contribution is -2.63. The van der Waals surface area contributed by atoms with Crippen LogP contribution in [0.3, 0.4) is 0 Å². The Kier molecular flexibility index (Phi) is 2.38. The van der Waals surface area contributed by atoms with E-state index in [0.29, 0.717) is 18.2 Å². The van der Waals surface area contributed by atoms with Crippen LogP contribution in [-0.2, 0) is 15.1 Å². The number of hydrogen-bond acceptors (Lipinski definition) is 3. The summed E-state index contributed by atoms with van der Waals surface area (Å²) in [6, 6.07) is 1.86. The summed E-state index contributed by atoms with van der Waals surface area (Å²) in [6.45, 7) is 2.98. The van der Waals surface area contributed by atoms with E-state index < -0.39 is 5.54 Å². The van der Waals surface area contributed by atoms with Gasteiger partial charge in [0.15, 0.2) is 0 Å². The van der Waals surface area contributed by atoms with Crippen molar-refractivity contribution in [3.63, 3.8) is 0 Å². The molecule has 1 aromatic heterocycles. The first kappa shape index (κ1) is 11.0. The largest absolute Gasteiger partial charge is 0.376 e. The zero-order chi connectivity index (χ0) is 12.0. The van der Waals surface area contributed by atoms with Gasteiger partial charge in [-0.25, -0.2) is 0 Å². The van der Waals surface area contributed by atoms with E-state index in [0.717, 1.165) is 17.7 Å². The summed E-state index contributed by atoms with van der Waals surface area (Å²) < 4.78 is 5.23. The van der Waals surface area contributed by atoms with Crippen molar-refractivity contribution in [1.82, 2.24) is 10.3 Å². The molecule has 4 nitrogen and oxygen atoms in total. The van der Waals surface area contributed by atoms with Crippen molar-refractivity contribution < 1.29 is 9.53 Å². The van der Waals surface area contributed by atoms with Gasteiger partial charge in [0, 0.05) is 6.20 Å². The Balaban J connectivity index is 2.16. The number of pyridine rings is 1. The van der Waals surface area contributed by atoms with E-state index >= 15 is 0 Å². The number of carbonyl (C=O) groups is 1. The molecule has 0 bridgehead atoms. The van der Waals surface area contributed by atoms with Crippen molar-refractivity contribution in [2.24, 2.45) is 0 Å². The maximum absolute atomic E-state index is 12.1. The summed E-state index contributed by atoms with van der Waals surface area (Å²) in [6.07, 6.45) is 2.38. The number of nitrogens with one attached hydrogen (secondary N) is 1. The molecule has 1 fully saturated rings. The minimum absolute atomic E-state index is 0.0485. The Bertz CT molecular complexity index is 485. The molecule has 2 aliphatic heterocycles. The average Bonchev–Trinajstić information content (AvgIpc) is 2.25. The first-order valence-corrected chi connectivity index (χ1v) is 6.10. The SMILES string of the molecule is CCC1C(=O)NC2(COC2)c2ncc(Cl)cc21. The summed E-state index contributed by atoms with van der Waals surface area (Å²) in [5, 5.41) is 3.61. The van der Waals surface area contributed by atoms with Gasteiger partial charge in [-0.2, -0.15) is 0 Å². The first-order chi connectivity index (χ1) is 8.16. The van der Waals surface area contributed by atoms with Crippen LogP contribution in [0.15, 0.2) is 12.3 Å². The topological polar surface area (TPSA) is 51.2 Å². The fourth-order valence-electron chi connectivity index (χ4n) is 2.56. The van der Waals surface area contributed by atoms with E-state index in [1.54, 1.807) is 6.20 Å². The van der Waals surface area contributed by atoms with Gasteiger partial charge in [0.2, 0.25) is 5.91 Å². The molecule has 2 aliphatic rings. The van der Waals surface area contributed by atoms with Gasteiger partial charge in [-0.05, 0) is 18.1 Å². The molecule has 1 saturated heterocycles. The predicted octanol–water partition coefficient (Wildman–Crippen LogP) is 1.58. The molecule has 17 heavy (non-hydrogen) atoms. The highest BCUT2D eigenvalue weighted by Crippen LogP contribution is 2.40. The van der Waals surface area contributed by atoms with Crippen molar-refractivity contribution >= 4 is 17.5 Å². The number of amides is 1. The Morgan fingerprint density at radius 3 is 3.00 bits per heavy atom. The monoisotopic (exact) mass is 252 g/mol. The molecule has 3 rings (SSSR count). The zero-order valence-electron chi connectivity index (χ0n) is 9.50. The van der Waals surface area contributed by atoms with Crippen molar-refractivity contribution in [2.45, 2.75) is 24.8 Å². The van der Waals surface area contributed by atoms with Crippen LogP contribution in [0.25, 0.3) is 0 Å². The fraction of sp³-hybridized carbons (Fsp3) is 0.500. The summed E-state index contributed by atoms with van der Waals surface area (Å²) in [4.78, 5) is 16.5. The minimum atomic E-state index is -0.414. The number of nitrogens with zero attached hydrogens (tertiary/aromatic N) is 1. The number of hydrogen-bond donors (Lipinski definition) is 1. The molecule has 0 aliphatic carbocycles. The van der Waals surface area contributed by atoms with Crippen molar-refractivity contribution in [1.29, 1.82) is 0 Å². The van der Waals surface area contributed by atoms with Crippen LogP contribution in [0, 0.1) is 0 Å². The summed E-state index contributed by atoms with van der Waals surface area (Å²) in [5.41, 5.74) is 1.45.